The highest BCUT2D eigenvalue weighted by Gasteiger charge is 2.23. The molecule has 1 unspecified atom stereocenters. The number of sulfonamides is 1. The van der Waals surface area contributed by atoms with Crippen LogP contribution in [0, 0.1) is 5.82 Å². The number of fused-ring (bicyclic) bond motifs is 2. The molecule has 27 heavy (non-hydrogen) atoms. The number of nitrogens with two attached hydrogens (primary N) is 1. The number of halogens is 1. The fourth-order valence-electron chi connectivity index (χ4n) is 3.26. The molecule has 0 amide bonds. The largest absolute Gasteiger partial charge is 0.420 e. The lowest BCUT2D eigenvalue weighted by molar-refractivity contribution is 0.490. The molecule has 0 aliphatic carbocycles. The molecule has 2 N–H and O–H groups in total. The zero-order chi connectivity index (χ0) is 19.3. The molecule has 0 aliphatic heterocycles. The molecule has 0 saturated carbocycles. The summed E-state index contributed by atoms with van der Waals surface area (Å²) in [5.74, 6) is -1.78. The molecule has 0 saturated heterocycles. The summed E-state index contributed by atoms with van der Waals surface area (Å²) in [5.41, 5.74) is 0.871. The predicted molar refractivity (Wildman–Crippen MR) is 97.4 cm³/mol. The van der Waals surface area contributed by atoms with Crippen LogP contribution >= 0.6 is 0 Å². The van der Waals surface area contributed by atoms with E-state index in [9.17, 15) is 17.6 Å². The van der Waals surface area contributed by atoms with Gasteiger partial charge in [-0.2, -0.15) is 0 Å². The van der Waals surface area contributed by atoms with E-state index in [0.29, 0.717) is 0 Å². The summed E-state index contributed by atoms with van der Waals surface area (Å²) in [4.78, 5) is 15.8. The minimum Gasteiger partial charge on any atom is -0.408 e. The lowest BCUT2D eigenvalue weighted by Gasteiger charge is -2.15. The third kappa shape index (κ3) is 2.81. The van der Waals surface area contributed by atoms with Crippen molar-refractivity contribution in [2.45, 2.75) is 17.9 Å². The predicted octanol–water partition coefficient (Wildman–Crippen LogP) is 2.54. The third-order valence-corrected chi connectivity index (χ3v) is 5.45. The van der Waals surface area contributed by atoms with Crippen molar-refractivity contribution in [3.8, 4) is 0 Å². The van der Waals surface area contributed by atoms with Crippen molar-refractivity contribution in [2.75, 3.05) is 0 Å². The molecule has 2 aromatic heterocycles. The maximum atomic E-state index is 14.3. The Labute approximate surface area is 152 Å². The minimum atomic E-state index is -4.28. The van der Waals surface area contributed by atoms with Gasteiger partial charge in [-0.3, -0.25) is 9.55 Å². The molecule has 9 heteroatoms. The van der Waals surface area contributed by atoms with Crippen molar-refractivity contribution in [1.82, 2.24) is 9.55 Å². The Morgan fingerprint density at radius 3 is 2.78 bits per heavy atom. The van der Waals surface area contributed by atoms with Gasteiger partial charge in [-0.25, -0.2) is 22.7 Å². The van der Waals surface area contributed by atoms with Crippen molar-refractivity contribution in [2.24, 2.45) is 5.14 Å². The van der Waals surface area contributed by atoms with Gasteiger partial charge in [0.25, 0.3) is 0 Å². The standard InChI is InChI=1S/C18H14FN3O4S/c1-10(12-4-2-3-11-5-6-21-9-13(11)12)22-15-7-14(19)17(27(20,24)25)8-16(15)26-18(22)23/h2-10H,1H3,(H2,20,24,25). The van der Waals surface area contributed by atoms with Gasteiger partial charge in [-0.1, -0.05) is 18.2 Å². The van der Waals surface area contributed by atoms with Crippen molar-refractivity contribution in [3.05, 3.63) is 70.7 Å². The summed E-state index contributed by atoms with van der Waals surface area (Å²) >= 11 is 0. The van der Waals surface area contributed by atoms with Crippen LogP contribution in [-0.2, 0) is 10.0 Å². The normalized spacial score (nSPS) is 13.3. The Hall–Kier alpha value is -3.04. The first-order chi connectivity index (χ1) is 12.8. The lowest BCUT2D eigenvalue weighted by atomic mass is 10.0. The van der Waals surface area contributed by atoms with E-state index in [1.54, 1.807) is 19.3 Å². The second kappa shape index (κ2) is 6.00. The summed E-state index contributed by atoms with van der Waals surface area (Å²) in [6.45, 7) is 1.77. The maximum Gasteiger partial charge on any atom is 0.420 e. The average molecular weight is 387 g/mol. The molecule has 7 nitrogen and oxygen atoms in total. The third-order valence-electron chi connectivity index (χ3n) is 4.53. The average Bonchev–Trinajstić information content (AvgIpc) is 2.94. The summed E-state index contributed by atoms with van der Waals surface area (Å²) in [6, 6.07) is 8.82. The number of benzene rings is 2. The summed E-state index contributed by atoms with van der Waals surface area (Å²) in [7, 11) is -4.28. The number of pyridine rings is 1. The molecular weight excluding hydrogens is 373 g/mol. The van der Waals surface area contributed by atoms with Gasteiger partial charge in [-0.05, 0) is 23.9 Å². The summed E-state index contributed by atoms with van der Waals surface area (Å²) in [5, 5.41) is 6.79. The molecule has 0 radical (unpaired) electrons. The molecule has 0 aliphatic rings. The topological polar surface area (TPSA) is 108 Å². The molecular formula is C18H14FN3O4S. The Bertz CT molecular complexity index is 1350. The molecule has 0 fully saturated rings. The highest BCUT2D eigenvalue weighted by Crippen LogP contribution is 2.29. The van der Waals surface area contributed by atoms with Crippen LogP contribution in [0.2, 0.25) is 0 Å². The van der Waals surface area contributed by atoms with Crippen molar-refractivity contribution < 1.29 is 17.2 Å². The maximum absolute atomic E-state index is 14.3. The van der Waals surface area contributed by atoms with E-state index in [-0.39, 0.29) is 11.1 Å². The quantitative estimate of drug-likeness (QED) is 0.581. The summed E-state index contributed by atoms with van der Waals surface area (Å²) < 4.78 is 43.7. The van der Waals surface area contributed by atoms with Gasteiger partial charge in [0, 0.05) is 29.9 Å². The molecule has 138 valence electrons. The number of oxazole rings is 1. The van der Waals surface area contributed by atoms with E-state index < -0.39 is 32.5 Å². The van der Waals surface area contributed by atoms with Crippen molar-refractivity contribution in [3.63, 3.8) is 0 Å². The van der Waals surface area contributed by atoms with Crippen molar-refractivity contribution in [1.29, 1.82) is 0 Å². The highest BCUT2D eigenvalue weighted by atomic mass is 32.2. The number of aromatic nitrogens is 2. The zero-order valence-corrected chi connectivity index (χ0v) is 14.9. The van der Waals surface area contributed by atoms with E-state index in [0.717, 1.165) is 28.5 Å². The number of primary sulfonamides is 1. The molecule has 2 aromatic carbocycles. The SMILES string of the molecule is CC(c1cccc2ccncc12)n1c(=O)oc2cc(S(N)(=O)=O)c(F)cc21. The fourth-order valence-corrected chi connectivity index (χ4v) is 3.86. The van der Waals surface area contributed by atoms with Gasteiger partial charge in [0.05, 0.1) is 11.6 Å². The minimum absolute atomic E-state index is 0.0596. The Morgan fingerprint density at radius 2 is 2.04 bits per heavy atom. The Morgan fingerprint density at radius 1 is 1.26 bits per heavy atom. The lowest BCUT2D eigenvalue weighted by Crippen LogP contribution is -2.19. The molecule has 1 atom stereocenters. The van der Waals surface area contributed by atoms with Gasteiger partial charge in [0.2, 0.25) is 10.0 Å². The first-order valence-electron chi connectivity index (χ1n) is 7.97. The van der Waals surface area contributed by atoms with E-state index >= 15 is 0 Å². The Balaban J connectivity index is 1.97. The van der Waals surface area contributed by atoms with Crippen molar-refractivity contribution >= 4 is 31.9 Å². The fraction of sp³-hybridized carbons (Fsp3) is 0.111. The molecule has 2 heterocycles. The first-order valence-corrected chi connectivity index (χ1v) is 9.52. The molecule has 4 rings (SSSR count). The monoisotopic (exact) mass is 387 g/mol. The van der Waals surface area contributed by atoms with Gasteiger partial charge >= 0.3 is 5.76 Å². The van der Waals surface area contributed by atoms with E-state index in [2.05, 4.69) is 4.98 Å². The van der Waals surface area contributed by atoms with Crippen LogP contribution in [0.25, 0.3) is 21.9 Å². The number of rotatable bonds is 3. The van der Waals surface area contributed by atoms with Crippen LogP contribution in [0.4, 0.5) is 4.39 Å². The van der Waals surface area contributed by atoms with Gasteiger partial charge in [0.15, 0.2) is 5.58 Å². The number of hydrogen-bond donors (Lipinski definition) is 1. The van der Waals surface area contributed by atoms with Gasteiger partial charge < -0.3 is 4.42 Å². The van der Waals surface area contributed by atoms with Crippen LogP contribution < -0.4 is 10.9 Å². The van der Waals surface area contributed by atoms with Crippen LogP contribution in [-0.4, -0.2) is 18.0 Å². The molecule has 4 aromatic rings. The smallest absolute Gasteiger partial charge is 0.408 e. The van der Waals surface area contributed by atoms with Crippen LogP contribution in [0.3, 0.4) is 0 Å². The summed E-state index contributed by atoms with van der Waals surface area (Å²) in [6.07, 6.45) is 3.36. The number of nitrogens with zero attached hydrogens (tertiary/aromatic N) is 2. The second-order valence-electron chi connectivity index (χ2n) is 6.15. The van der Waals surface area contributed by atoms with Crippen LogP contribution in [0.5, 0.6) is 0 Å². The van der Waals surface area contributed by atoms with Gasteiger partial charge in [-0.15, -0.1) is 0 Å². The second-order valence-corrected chi connectivity index (χ2v) is 7.68. The Kier molecular flexibility index (Phi) is 3.86. The highest BCUT2D eigenvalue weighted by molar-refractivity contribution is 7.89. The van der Waals surface area contributed by atoms with Crippen LogP contribution in [0.15, 0.2) is 62.9 Å². The molecule has 0 spiro atoms. The van der Waals surface area contributed by atoms with Gasteiger partial charge in [0.1, 0.15) is 10.7 Å². The first kappa shape index (κ1) is 17.4. The number of hydrogen-bond acceptors (Lipinski definition) is 5. The van der Waals surface area contributed by atoms with E-state index in [4.69, 9.17) is 9.56 Å². The zero-order valence-electron chi connectivity index (χ0n) is 14.1. The van der Waals surface area contributed by atoms with Crippen LogP contribution in [0.1, 0.15) is 18.5 Å². The van der Waals surface area contributed by atoms with E-state index in [1.165, 1.54) is 4.57 Å². The van der Waals surface area contributed by atoms with E-state index in [1.807, 2.05) is 24.3 Å². The molecule has 0 bridgehead atoms.